The second kappa shape index (κ2) is 4.00. The van der Waals surface area contributed by atoms with Crippen LogP contribution in [0.25, 0.3) is 11.3 Å². The van der Waals surface area contributed by atoms with Crippen molar-refractivity contribution in [3.05, 3.63) is 40.6 Å². The van der Waals surface area contributed by atoms with Crippen molar-refractivity contribution in [2.75, 3.05) is 6.61 Å². The van der Waals surface area contributed by atoms with Crippen molar-refractivity contribution >= 4 is 0 Å². The van der Waals surface area contributed by atoms with E-state index in [1.165, 1.54) is 27.9 Å². The summed E-state index contributed by atoms with van der Waals surface area (Å²) in [6.07, 6.45) is 0.938. The Bertz CT molecular complexity index is 537. The third-order valence-electron chi connectivity index (χ3n) is 3.41. The Hall–Kier alpha value is -1.61. The van der Waals surface area contributed by atoms with Crippen molar-refractivity contribution in [1.82, 2.24) is 10.2 Å². The number of hydrogen-bond acceptors (Lipinski definition) is 2. The number of nitrogens with zero attached hydrogens (tertiary/aromatic N) is 1. The highest BCUT2D eigenvalue weighted by molar-refractivity contribution is 5.71. The second-order valence-electron chi connectivity index (χ2n) is 4.60. The molecule has 0 fully saturated rings. The predicted octanol–water partition coefficient (Wildman–Crippen LogP) is 2.77. The van der Waals surface area contributed by atoms with Gasteiger partial charge in [0.1, 0.15) is 0 Å². The molecule has 0 aliphatic carbocycles. The molecule has 1 N–H and O–H groups in total. The number of rotatable bonds is 1. The van der Waals surface area contributed by atoms with E-state index in [-0.39, 0.29) is 0 Å². The highest BCUT2D eigenvalue weighted by Gasteiger charge is 2.20. The van der Waals surface area contributed by atoms with Gasteiger partial charge in [0.25, 0.3) is 0 Å². The van der Waals surface area contributed by atoms with Crippen molar-refractivity contribution in [1.29, 1.82) is 0 Å². The Balaban J connectivity index is 2.19. The van der Waals surface area contributed by atoms with Crippen molar-refractivity contribution in [2.24, 2.45) is 0 Å². The lowest BCUT2D eigenvalue weighted by Crippen LogP contribution is -2.09. The highest BCUT2D eigenvalue weighted by Crippen LogP contribution is 2.31. The van der Waals surface area contributed by atoms with Gasteiger partial charge < -0.3 is 4.74 Å². The molecule has 0 atom stereocenters. The van der Waals surface area contributed by atoms with Gasteiger partial charge in [-0.2, -0.15) is 5.10 Å². The van der Waals surface area contributed by atoms with Gasteiger partial charge in [0.15, 0.2) is 0 Å². The molecule has 1 aliphatic rings. The molecule has 17 heavy (non-hydrogen) atoms. The van der Waals surface area contributed by atoms with Gasteiger partial charge in [-0.3, -0.25) is 5.10 Å². The molecule has 0 unspecified atom stereocenters. The summed E-state index contributed by atoms with van der Waals surface area (Å²) in [6.45, 7) is 5.73. The molecule has 0 saturated carbocycles. The summed E-state index contributed by atoms with van der Waals surface area (Å²) in [5.74, 6) is 0. The maximum Gasteiger partial charge on any atom is 0.0984 e. The van der Waals surface area contributed by atoms with Crippen LogP contribution >= 0.6 is 0 Å². The largest absolute Gasteiger partial charge is 0.376 e. The first-order chi connectivity index (χ1) is 8.27. The third-order valence-corrected chi connectivity index (χ3v) is 3.41. The van der Waals surface area contributed by atoms with Crippen LogP contribution in [0.1, 0.15) is 22.4 Å². The monoisotopic (exact) mass is 228 g/mol. The van der Waals surface area contributed by atoms with Crippen molar-refractivity contribution in [3.63, 3.8) is 0 Å². The Labute approximate surface area is 101 Å². The fraction of sp³-hybridized carbons (Fsp3) is 0.357. The average molecular weight is 228 g/mol. The van der Waals surface area contributed by atoms with Gasteiger partial charge in [-0.15, -0.1) is 0 Å². The Morgan fingerprint density at radius 1 is 1.24 bits per heavy atom. The molecule has 2 heterocycles. The average Bonchev–Trinajstić information content (AvgIpc) is 2.73. The number of aromatic nitrogens is 2. The van der Waals surface area contributed by atoms with E-state index in [1.54, 1.807) is 0 Å². The molecule has 0 spiro atoms. The summed E-state index contributed by atoms with van der Waals surface area (Å²) >= 11 is 0. The summed E-state index contributed by atoms with van der Waals surface area (Å²) in [4.78, 5) is 0. The topological polar surface area (TPSA) is 37.9 Å². The van der Waals surface area contributed by atoms with E-state index in [0.29, 0.717) is 6.61 Å². The lowest BCUT2D eigenvalue weighted by Gasteiger charge is -2.14. The van der Waals surface area contributed by atoms with Crippen LogP contribution in [-0.2, 0) is 17.8 Å². The van der Waals surface area contributed by atoms with E-state index >= 15 is 0 Å². The van der Waals surface area contributed by atoms with Crippen molar-refractivity contribution in [2.45, 2.75) is 26.9 Å². The minimum Gasteiger partial charge on any atom is -0.376 e. The molecule has 2 aromatic rings. The Morgan fingerprint density at radius 3 is 2.76 bits per heavy atom. The minimum atomic E-state index is 0.676. The van der Waals surface area contributed by atoms with Crippen molar-refractivity contribution < 1.29 is 4.74 Å². The van der Waals surface area contributed by atoms with Crippen LogP contribution in [0.4, 0.5) is 0 Å². The fourth-order valence-electron chi connectivity index (χ4n) is 2.51. The van der Waals surface area contributed by atoms with Crippen LogP contribution in [0, 0.1) is 13.8 Å². The van der Waals surface area contributed by atoms with Gasteiger partial charge in [0.2, 0.25) is 0 Å². The van der Waals surface area contributed by atoms with Gasteiger partial charge in [-0.25, -0.2) is 0 Å². The van der Waals surface area contributed by atoms with Crippen LogP contribution in [0.2, 0.25) is 0 Å². The highest BCUT2D eigenvalue weighted by atomic mass is 16.5. The normalized spacial score (nSPS) is 14.7. The summed E-state index contributed by atoms with van der Waals surface area (Å²) in [5.41, 5.74) is 7.31. The maximum atomic E-state index is 5.54. The zero-order chi connectivity index (χ0) is 11.8. The van der Waals surface area contributed by atoms with E-state index in [0.717, 1.165) is 18.7 Å². The first-order valence-corrected chi connectivity index (χ1v) is 5.98. The molecule has 0 bridgehead atoms. The number of aromatic amines is 1. The third kappa shape index (κ3) is 1.67. The number of benzene rings is 1. The standard InChI is InChI=1S/C14H16N2O/c1-9-4-3-5-10(2)13(9)14-11-8-17-7-6-12(11)15-16-14/h3-5H,6-8H2,1-2H3,(H,15,16). The number of nitrogens with one attached hydrogen (secondary N) is 1. The molecule has 1 aliphatic heterocycles. The molecule has 0 saturated heterocycles. The molecule has 0 amide bonds. The molecule has 1 aromatic heterocycles. The summed E-state index contributed by atoms with van der Waals surface area (Å²) in [5, 5.41) is 7.63. The zero-order valence-corrected chi connectivity index (χ0v) is 10.2. The van der Waals surface area contributed by atoms with Gasteiger partial charge >= 0.3 is 0 Å². The van der Waals surface area contributed by atoms with Crippen LogP contribution < -0.4 is 0 Å². The first-order valence-electron chi connectivity index (χ1n) is 5.98. The number of ether oxygens (including phenoxy) is 1. The second-order valence-corrected chi connectivity index (χ2v) is 4.60. The van der Waals surface area contributed by atoms with E-state index in [4.69, 9.17) is 4.74 Å². The molecular formula is C14H16N2O. The van der Waals surface area contributed by atoms with Crippen LogP contribution in [0.15, 0.2) is 18.2 Å². The molecular weight excluding hydrogens is 212 g/mol. The lowest BCUT2D eigenvalue weighted by molar-refractivity contribution is 0.110. The molecule has 88 valence electrons. The SMILES string of the molecule is Cc1cccc(C)c1-c1n[nH]c2c1COCC2. The summed E-state index contributed by atoms with van der Waals surface area (Å²) in [7, 11) is 0. The first kappa shape index (κ1) is 10.5. The van der Waals surface area contributed by atoms with E-state index in [9.17, 15) is 0 Å². The molecule has 0 radical (unpaired) electrons. The number of hydrogen-bond donors (Lipinski definition) is 1. The quantitative estimate of drug-likeness (QED) is 0.815. The minimum absolute atomic E-state index is 0.676. The number of H-pyrrole nitrogens is 1. The van der Waals surface area contributed by atoms with Crippen LogP contribution in [-0.4, -0.2) is 16.8 Å². The van der Waals surface area contributed by atoms with Crippen LogP contribution in [0.5, 0.6) is 0 Å². The summed E-state index contributed by atoms with van der Waals surface area (Å²) < 4.78 is 5.54. The van der Waals surface area contributed by atoms with Gasteiger partial charge in [-0.1, -0.05) is 18.2 Å². The van der Waals surface area contributed by atoms with Gasteiger partial charge in [0.05, 0.1) is 18.9 Å². The molecule has 3 nitrogen and oxygen atoms in total. The van der Waals surface area contributed by atoms with Gasteiger partial charge in [0, 0.05) is 23.2 Å². The smallest absolute Gasteiger partial charge is 0.0984 e. The van der Waals surface area contributed by atoms with Crippen molar-refractivity contribution in [3.8, 4) is 11.3 Å². The molecule has 1 aromatic carbocycles. The summed E-state index contributed by atoms with van der Waals surface area (Å²) in [6, 6.07) is 6.35. The Kier molecular flexibility index (Phi) is 2.48. The Morgan fingerprint density at radius 2 is 2.00 bits per heavy atom. The zero-order valence-electron chi connectivity index (χ0n) is 10.2. The maximum absolute atomic E-state index is 5.54. The number of fused-ring (bicyclic) bond motifs is 1. The predicted molar refractivity (Wildman–Crippen MR) is 66.9 cm³/mol. The van der Waals surface area contributed by atoms with E-state index in [2.05, 4.69) is 42.2 Å². The van der Waals surface area contributed by atoms with Gasteiger partial charge in [-0.05, 0) is 25.0 Å². The molecule has 3 rings (SSSR count). The van der Waals surface area contributed by atoms with E-state index < -0.39 is 0 Å². The number of aryl methyl sites for hydroxylation is 2. The van der Waals surface area contributed by atoms with Crippen LogP contribution in [0.3, 0.4) is 0 Å². The lowest BCUT2D eigenvalue weighted by atomic mass is 9.96. The van der Waals surface area contributed by atoms with E-state index in [1.807, 2.05) is 0 Å². The molecule has 3 heteroatoms. The fourth-order valence-corrected chi connectivity index (χ4v) is 2.51.